The first-order valence-corrected chi connectivity index (χ1v) is 7.40. The number of hydrogen-bond donors (Lipinski definition) is 1. The van der Waals surface area contributed by atoms with Gasteiger partial charge in [0.2, 0.25) is 5.88 Å². The van der Waals surface area contributed by atoms with E-state index in [0.717, 1.165) is 29.6 Å². The molecule has 0 atom stereocenters. The number of nitrogens with zero attached hydrogens (tertiary/aromatic N) is 5. The van der Waals surface area contributed by atoms with Crippen LogP contribution >= 0.6 is 0 Å². The van der Waals surface area contributed by atoms with Gasteiger partial charge in [-0.15, -0.1) is 0 Å². The lowest BCUT2D eigenvalue weighted by molar-refractivity contribution is 0.0852. The lowest BCUT2D eigenvalue weighted by Gasteiger charge is -2.34. The molecule has 1 saturated carbocycles. The highest BCUT2D eigenvalue weighted by molar-refractivity contribution is 5.63. The Labute approximate surface area is 127 Å². The summed E-state index contributed by atoms with van der Waals surface area (Å²) in [7, 11) is 3.87. The summed E-state index contributed by atoms with van der Waals surface area (Å²) in [5.74, 6) is 0.637. The van der Waals surface area contributed by atoms with Gasteiger partial charge in [0.15, 0.2) is 0 Å². The first-order chi connectivity index (χ1) is 10.7. The van der Waals surface area contributed by atoms with Crippen molar-refractivity contribution in [2.24, 2.45) is 7.05 Å². The Kier molecular flexibility index (Phi) is 3.07. The van der Waals surface area contributed by atoms with Gasteiger partial charge in [-0.1, -0.05) is 0 Å². The standard InChI is InChI=1S/C15H18N6O/c1-16-11-5-12(6-11)22-15-14-3-4-17-21(14)9-13(19-15)10-7-18-20(2)8-10/h3-4,7-9,11-12,16H,5-6H2,1-2H3. The van der Waals surface area contributed by atoms with E-state index in [0.29, 0.717) is 11.9 Å². The van der Waals surface area contributed by atoms with Crippen LogP contribution in [0.3, 0.4) is 0 Å². The molecular formula is C15H18N6O. The molecule has 3 aromatic heterocycles. The van der Waals surface area contributed by atoms with Crippen LogP contribution in [0, 0.1) is 0 Å². The van der Waals surface area contributed by atoms with Crippen molar-refractivity contribution >= 4 is 5.52 Å². The summed E-state index contributed by atoms with van der Waals surface area (Å²) in [6.07, 6.45) is 9.62. The Morgan fingerprint density at radius 3 is 2.86 bits per heavy atom. The van der Waals surface area contributed by atoms with Crippen LogP contribution in [0.4, 0.5) is 0 Å². The van der Waals surface area contributed by atoms with Gasteiger partial charge in [-0.05, 0) is 26.0 Å². The number of ether oxygens (including phenoxy) is 1. The van der Waals surface area contributed by atoms with Gasteiger partial charge in [0.1, 0.15) is 11.6 Å². The minimum absolute atomic E-state index is 0.216. The first-order valence-electron chi connectivity index (χ1n) is 7.40. The highest BCUT2D eigenvalue weighted by Crippen LogP contribution is 2.29. The number of aromatic nitrogens is 5. The summed E-state index contributed by atoms with van der Waals surface area (Å²) in [5.41, 5.74) is 2.65. The molecular weight excluding hydrogens is 280 g/mol. The van der Waals surface area contributed by atoms with Crippen LogP contribution in [0.2, 0.25) is 0 Å². The molecule has 114 valence electrons. The minimum Gasteiger partial charge on any atom is -0.473 e. The molecule has 1 aliphatic carbocycles. The second-order valence-corrected chi connectivity index (χ2v) is 5.69. The third kappa shape index (κ3) is 2.23. The fraction of sp³-hybridized carbons (Fsp3) is 0.400. The Morgan fingerprint density at radius 2 is 2.14 bits per heavy atom. The first kappa shape index (κ1) is 13.3. The zero-order valence-electron chi connectivity index (χ0n) is 12.6. The molecule has 0 spiro atoms. The van der Waals surface area contributed by atoms with Crippen molar-refractivity contribution in [3.05, 3.63) is 30.9 Å². The molecule has 1 fully saturated rings. The maximum absolute atomic E-state index is 6.08. The van der Waals surface area contributed by atoms with Gasteiger partial charge in [0.25, 0.3) is 0 Å². The van der Waals surface area contributed by atoms with Crippen LogP contribution in [-0.4, -0.2) is 43.6 Å². The van der Waals surface area contributed by atoms with Crippen LogP contribution in [-0.2, 0) is 7.05 Å². The van der Waals surface area contributed by atoms with E-state index in [1.165, 1.54) is 0 Å². The van der Waals surface area contributed by atoms with Gasteiger partial charge in [-0.3, -0.25) is 4.68 Å². The van der Waals surface area contributed by atoms with Crippen LogP contribution in [0.1, 0.15) is 12.8 Å². The van der Waals surface area contributed by atoms with E-state index in [-0.39, 0.29) is 6.10 Å². The van der Waals surface area contributed by atoms with E-state index in [2.05, 4.69) is 20.5 Å². The molecule has 7 nitrogen and oxygen atoms in total. The molecule has 22 heavy (non-hydrogen) atoms. The van der Waals surface area contributed by atoms with Crippen molar-refractivity contribution in [3.63, 3.8) is 0 Å². The average molecular weight is 298 g/mol. The average Bonchev–Trinajstić information content (AvgIpc) is 3.10. The van der Waals surface area contributed by atoms with Crippen LogP contribution in [0.5, 0.6) is 5.88 Å². The number of fused-ring (bicyclic) bond motifs is 1. The molecule has 0 aliphatic heterocycles. The molecule has 0 amide bonds. The number of nitrogens with one attached hydrogen (secondary N) is 1. The molecule has 3 aromatic rings. The van der Waals surface area contributed by atoms with Gasteiger partial charge in [0, 0.05) is 24.8 Å². The second-order valence-electron chi connectivity index (χ2n) is 5.69. The van der Waals surface area contributed by atoms with Crippen molar-refractivity contribution in [2.75, 3.05) is 7.05 Å². The molecule has 1 aliphatic rings. The molecule has 0 unspecified atom stereocenters. The van der Waals surface area contributed by atoms with E-state index in [1.54, 1.807) is 21.6 Å². The lowest BCUT2D eigenvalue weighted by atomic mass is 9.89. The van der Waals surface area contributed by atoms with Gasteiger partial charge >= 0.3 is 0 Å². The lowest BCUT2D eigenvalue weighted by Crippen LogP contribution is -2.45. The van der Waals surface area contributed by atoms with Crippen LogP contribution in [0.15, 0.2) is 30.9 Å². The van der Waals surface area contributed by atoms with Crippen molar-refractivity contribution in [3.8, 4) is 17.1 Å². The maximum Gasteiger partial charge on any atom is 0.240 e. The van der Waals surface area contributed by atoms with E-state index in [9.17, 15) is 0 Å². The minimum atomic E-state index is 0.216. The smallest absolute Gasteiger partial charge is 0.240 e. The molecule has 0 bridgehead atoms. The molecule has 0 saturated heterocycles. The van der Waals surface area contributed by atoms with Gasteiger partial charge < -0.3 is 10.1 Å². The normalized spacial score (nSPS) is 21.0. The SMILES string of the molecule is CNC1CC(Oc2nc(-c3cnn(C)c3)cn3nccc23)C1. The number of aryl methyl sites for hydroxylation is 1. The van der Waals surface area contributed by atoms with Crippen molar-refractivity contribution in [1.82, 2.24) is 29.7 Å². The van der Waals surface area contributed by atoms with Gasteiger partial charge in [-0.2, -0.15) is 10.2 Å². The van der Waals surface area contributed by atoms with Crippen molar-refractivity contribution < 1.29 is 4.74 Å². The summed E-state index contributed by atoms with van der Waals surface area (Å²) < 4.78 is 9.65. The fourth-order valence-electron chi connectivity index (χ4n) is 2.73. The van der Waals surface area contributed by atoms with E-state index in [1.807, 2.05) is 32.6 Å². The monoisotopic (exact) mass is 298 g/mol. The summed E-state index contributed by atoms with van der Waals surface area (Å²) in [6.45, 7) is 0. The summed E-state index contributed by atoms with van der Waals surface area (Å²) >= 11 is 0. The van der Waals surface area contributed by atoms with Crippen LogP contribution in [0.25, 0.3) is 16.8 Å². The molecule has 0 radical (unpaired) electrons. The van der Waals surface area contributed by atoms with Crippen molar-refractivity contribution in [2.45, 2.75) is 25.0 Å². The highest BCUT2D eigenvalue weighted by Gasteiger charge is 2.30. The summed E-state index contributed by atoms with van der Waals surface area (Å²) in [4.78, 5) is 4.67. The molecule has 1 N–H and O–H groups in total. The third-order valence-electron chi connectivity index (χ3n) is 4.14. The number of rotatable bonds is 4. The van der Waals surface area contributed by atoms with Gasteiger partial charge in [-0.25, -0.2) is 9.50 Å². The third-order valence-corrected chi connectivity index (χ3v) is 4.14. The Hall–Kier alpha value is -2.41. The van der Waals surface area contributed by atoms with E-state index >= 15 is 0 Å². The topological polar surface area (TPSA) is 69.3 Å². The number of hydrogen-bond acceptors (Lipinski definition) is 5. The van der Waals surface area contributed by atoms with E-state index in [4.69, 9.17) is 4.74 Å². The Balaban J connectivity index is 1.68. The highest BCUT2D eigenvalue weighted by atomic mass is 16.5. The quantitative estimate of drug-likeness (QED) is 0.785. The largest absolute Gasteiger partial charge is 0.473 e. The summed E-state index contributed by atoms with van der Waals surface area (Å²) in [6, 6.07) is 2.47. The van der Waals surface area contributed by atoms with E-state index < -0.39 is 0 Å². The van der Waals surface area contributed by atoms with Gasteiger partial charge in [0.05, 0.1) is 24.3 Å². The zero-order valence-corrected chi connectivity index (χ0v) is 12.6. The zero-order chi connectivity index (χ0) is 15.1. The predicted molar refractivity (Wildman–Crippen MR) is 81.7 cm³/mol. The predicted octanol–water partition coefficient (Wildman–Crippen LogP) is 1.26. The Morgan fingerprint density at radius 1 is 1.27 bits per heavy atom. The molecule has 4 rings (SSSR count). The molecule has 7 heteroatoms. The van der Waals surface area contributed by atoms with Crippen molar-refractivity contribution in [1.29, 1.82) is 0 Å². The summed E-state index contributed by atoms with van der Waals surface area (Å²) in [5, 5.41) is 11.8. The molecule has 0 aromatic carbocycles. The molecule has 3 heterocycles. The maximum atomic E-state index is 6.08. The fourth-order valence-corrected chi connectivity index (χ4v) is 2.73. The second kappa shape index (κ2) is 5.10. The Bertz CT molecular complexity index is 801. The van der Waals surface area contributed by atoms with Crippen LogP contribution < -0.4 is 10.1 Å².